The third-order valence-electron chi connectivity index (χ3n) is 5.71. The van der Waals surface area contributed by atoms with Crippen LogP contribution in [0.5, 0.6) is 0 Å². The first-order chi connectivity index (χ1) is 16.1. The molecule has 12 heteroatoms. The lowest BCUT2D eigenvalue weighted by molar-refractivity contribution is -0.139. The summed E-state index contributed by atoms with van der Waals surface area (Å²) in [6.45, 7) is 5.20. The molecule has 2 saturated heterocycles. The van der Waals surface area contributed by atoms with Crippen LogP contribution in [0.4, 0.5) is 4.79 Å². The van der Waals surface area contributed by atoms with E-state index in [4.69, 9.17) is 9.88 Å². The highest BCUT2D eigenvalue weighted by molar-refractivity contribution is 8.18. The van der Waals surface area contributed by atoms with Gasteiger partial charge in [0.25, 0.3) is 11.1 Å². The third kappa shape index (κ3) is 4.80. The number of aromatic nitrogens is 1. The molecule has 2 fully saturated rings. The van der Waals surface area contributed by atoms with Gasteiger partial charge in [-0.1, -0.05) is 0 Å². The van der Waals surface area contributed by atoms with Crippen LogP contribution in [-0.4, -0.2) is 72.7 Å². The lowest BCUT2D eigenvalue weighted by Crippen LogP contribution is -2.46. The van der Waals surface area contributed by atoms with E-state index >= 15 is 0 Å². The number of hydrogen-bond donors (Lipinski definition) is 1. The number of hydrogen-bond acceptors (Lipinski definition) is 7. The molecular weight excluding hydrogens is 480 g/mol. The fraction of sp³-hybridized carbons (Fsp3) is 0.318. The molecule has 2 aliphatic rings. The molecule has 2 aromatic rings. The number of primary sulfonamides is 1. The van der Waals surface area contributed by atoms with Crippen molar-refractivity contribution in [1.29, 1.82) is 0 Å². The SMILES string of the molecule is Cc1cc(/C=C2/SC(=O)N(CC(=O)N3CCOCC3)C2=O)c(C)n1-c1ccc(S(N)(=O)=O)cc1. The number of nitrogens with two attached hydrogens (primary N) is 1. The minimum atomic E-state index is -3.79. The molecule has 0 spiro atoms. The van der Waals surface area contributed by atoms with Crippen molar-refractivity contribution in [3.8, 4) is 5.69 Å². The number of morpholine rings is 1. The molecule has 10 nitrogen and oxygen atoms in total. The Bertz CT molecular complexity index is 1290. The van der Waals surface area contributed by atoms with E-state index in [1.54, 1.807) is 23.1 Å². The molecule has 0 saturated carbocycles. The van der Waals surface area contributed by atoms with E-state index in [0.29, 0.717) is 26.3 Å². The van der Waals surface area contributed by atoms with Gasteiger partial charge in [0, 0.05) is 30.2 Å². The molecule has 0 radical (unpaired) electrons. The Balaban J connectivity index is 1.56. The van der Waals surface area contributed by atoms with Crippen molar-refractivity contribution < 1.29 is 27.5 Å². The Hall–Kier alpha value is -2.93. The van der Waals surface area contributed by atoms with Crippen molar-refractivity contribution in [2.45, 2.75) is 18.7 Å². The molecule has 3 amide bonds. The highest BCUT2D eigenvalue weighted by Crippen LogP contribution is 2.34. The summed E-state index contributed by atoms with van der Waals surface area (Å²) < 4.78 is 30.2. The van der Waals surface area contributed by atoms with E-state index in [1.807, 2.05) is 24.5 Å². The minimum Gasteiger partial charge on any atom is -0.378 e. The number of carbonyl (C=O) groups excluding carboxylic acids is 3. The van der Waals surface area contributed by atoms with Gasteiger partial charge in [-0.3, -0.25) is 19.3 Å². The molecule has 0 atom stereocenters. The van der Waals surface area contributed by atoms with Gasteiger partial charge in [-0.2, -0.15) is 0 Å². The van der Waals surface area contributed by atoms with Gasteiger partial charge in [-0.15, -0.1) is 0 Å². The Kier molecular flexibility index (Phi) is 6.67. The van der Waals surface area contributed by atoms with E-state index in [0.717, 1.165) is 39.3 Å². The van der Waals surface area contributed by atoms with Gasteiger partial charge in [0.2, 0.25) is 15.9 Å². The minimum absolute atomic E-state index is 0.0132. The summed E-state index contributed by atoms with van der Waals surface area (Å²) in [5, 5.41) is 4.69. The first-order valence-corrected chi connectivity index (χ1v) is 12.9. The third-order valence-corrected chi connectivity index (χ3v) is 7.55. The quantitative estimate of drug-likeness (QED) is 0.612. The number of nitrogens with zero attached hydrogens (tertiary/aromatic N) is 3. The van der Waals surface area contributed by atoms with E-state index in [1.165, 1.54) is 12.1 Å². The van der Waals surface area contributed by atoms with Crippen LogP contribution >= 0.6 is 11.8 Å². The molecule has 0 unspecified atom stereocenters. The Morgan fingerprint density at radius 1 is 1.15 bits per heavy atom. The summed E-state index contributed by atoms with van der Waals surface area (Å²) in [5.74, 6) is -0.785. The van der Waals surface area contributed by atoms with Crippen LogP contribution in [0.25, 0.3) is 11.8 Å². The van der Waals surface area contributed by atoms with E-state index in [-0.39, 0.29) is 22.3 Å². The smallest absolute Gasteiger partial charge is 0.294 e. The molecule has 1 aromatic heterocycles. The average Bonchev–Trinajstić information content (AvgIpc) is 3.23. The zero-order valence-corrected chi connectivity index (χ0v) is 20.3. The van der Waals surface area contributed by atoms with Crippen molar-refractivity contribution >= 4 is 44.9 Å². The van der Waals surface area contributed by atoms with Crippen molar-refractivity contribution in [3.63, 3.8) is 0 Å². The molecule has 0 aliphatic carbocycles. The van der Waals surface area contributed by atoms with E-state index in [2.05, 4.69) is 0 Å². The van der Waals surface area contributed by atoms with Crippen LogP contribution in [0.3, 0.4) is 0 Å². The van der Waals surface area contributed by atoms with Gasteiger partial charge in [0.15, 0.2) is 0 Å². The van der Waals surface area contributed by atoms with Crippen molar-refractivity contribution in [2.75, 3.05) is 32.8 Å². The summed E-state index contributed by atoms with van der Waals surface area (Å²) in [4.78, 5) is 40.7. The zero-order chi connectivity index (χ0) is 24.6. The highest BCUT2D eigenvalue weighted by atomic mass is 32.2. The van der Waals surface area contributed by atoms with Crippen molar-refractivity contribution in [2.24, 2.45) is 5.14 Å². The van der Waals surface area contributed by atoms with Gasteiger partial charge in [-0.25, -0.2) is 13.6 Å². The lowest BCUT2D eigenvalue weighted by atomic mass is 10.2. The molecular formula is C22H24N4O6S2. The summed E-state index contributed by atoms with van der Waals surface area (Å²) in [6, 6.07) is 8.03. The maximum absolute atomic E-state index is 12.9. The van der Waals surface area contributed by atoms with Crippen LogP contribution in [-0.2, 0) is 24.3 Å². The lowest BCUT2D eigenvalue weighted by Gasteiger charge is -2.28. The summed E-state index contributed by atoms with van der Waals surface area (Å²) >= 11 is 0.803. The monoisotopic (exact) mass is 504 g/mol. The van der Waals surface area contributed by atoms with Gasteiger partial charge in [0.1, 0.15) is 6.54 Å². The Labute approximate surface area is 201 Å². The summed E-state index contributed by atoms with van der Waals surface area (Å²) in [6.07, 6.45) is 1.64. The van der Waals surface area contributed by atoms with Crippen LogP contribution in [0.2, 0.25) is 0 Å². The number of carbonyl (C=O) groups is 3. The topological polar surface area (TPSA) is 132 Å². The summed E-state index contributed by atoms with van der Waals surface area (Å²) in [7, 11) is -3.79. The molecule has 1 aromatic carbocycles. The number of sulfonamides is 1. The number of benzene rings is 1. The first kappa shape index (κ1) is 24.2. The largest absolute Gasteiger partial charge is 0.378 e. The standard InChI is InChI=1S/C22H24N4O6S2/c1-14-11-16(15(2)26(14)17-3-5-18(6-4-17)34(23,30)31)12-19-21(28)25(22(29)33-19)13-20(27)24-7-9-32-10-8-24/h3-6,11-12H,7-10,13H2,1-2H3,(H2,23,30,31)/b19-12+. The van der Waals surface area contributed by atoms with Crippen molar-refractivity contribution in [1.82, 2.24) is 14.4 Å². The zero-order valence-electron chi connectivity index (χ0n) is 18.7. The first-order valence-electron chi connectivity index (χ1n) is 10.5. The normalized spacial score (nSPS) is 18.3. The fourth-order valence-electron chi connectivity index (χ4n) is 3.94. The second-order valence-electron chi connectivity index (χ2n) is 7.96. The van der Waals surface area contributed by atoms with Crippen LogP contribution in [0.1, 0.15) is 17.0 Å². The molecule has 2 aliphatic heterocycles. The summed E-state index contributed by atoms with van der Waals surface area (Å²) in [5.41, 5.74) is 3.12. The number of rotatable bonds is 5. The predicted octanol–water partition coefficient (Wildman–Crippen LogP) is 1.64. The van der Waals surface area contributed by atoms with Gasteiger partial charge < -0.3 is 14.2 Å². The van der Waals surface area contributed by atoms with E-state index in [9.17, 15) is 22.8 Å². The van der Waals surface area contributed by atoms with Gasteiger partial charge in [-0.05, 0) is 67.6 Å². The molecule has 4 rings (SSSR count). The molecule has 180 valence electrons. The Morgan fingerprint density at radius 2 is 1.79 bits per heavy atom. The molecule has 34 heavy (non-hydrogen) atoms. The van der Waals surface area contributed by atoms with Crippen LogP contribution in [0.15, 0.2) is 40.1 Å². The highest BCUT2D eigenvalue weighted by Gasteiger charge is 2.37. The molecule has 3 heterocycles. The number of thioether (sulfide) groups is 1. The fourth-order valence-corrected chi connectivity index (χ4v) is 5.29. The van der Waals surface area contributed by atoms with Gasteiger partial charge >= 0.3 is 0 Å². The second kappa shape index (κ2) is 9.37. The Morgan fingerprint density at radius 3 is 2.41 bits per heavy atom. The maximum Gasteiger partial charge on any atom is 0.294 e. The van der Waals surface area contributed by atoms with E-state index < -0.39 is 21.2 Å². The van der Waals surface area contributed by atoms with Crippen LogP contribution in [0, 0.1) is 13.8 Å². The van der Waals surface area contributed by atoms with Crippen LogP contribution < -0.4 is 5.14 Å². The van der Waals surface area contributed by atoms with Gasteiger partial charge in [0.05, 0.1) is 23.0 Å². The predicted molar refractivity (Wildman–Crippen MR) is 127 cm³/mol. The number of aryl methyl sites for hydroxylation is 1. The molecule has 0 bridgehead atoms. The van der Waals surface area contributed by atoms with Crippen molar-refractivity contribution in [3.05, 3.63) is 52.2 Å². The molecule has 2 N–H and O–H groups in total. The average molecular weight is 505 g/mol. The number of amides is 3. The number of imide groups is 1. The second-order valence-corrected chi connectivity index (χ2v) is 10.5. The number of ether oxygens (including phenoxy) is 1. The maximum atomic E-state index is 12.9.